The number of nitrogens with zero attached hydrogens (tertiary/aromatic N) is 3. The number of rotatable bonds is 6. The van der Waals surface area contributed by atoms with E-state index in [1.807, 2.05) is 40.8 Å². The first-order valence-corrected chi connectivity index (χ1v) is 10.8. The predicted molar refractivity (Wildman–Crippen MR) is 113 cm³/mol. The highest BCUT2D eigenvalue weighted by Crippen LogP contribution is 2.27. The van der Waals surface area contributed by atoms with E-state index < -0.39 is 6.04 Å². The molecule has 2 heterocycles. The summed E-state index contributed by atoms with van der Waals surface area (Å²) in [5.74, 6) is 0.868. The van der Waals surface area contributed by atoms with Gasteiger partial charge in [0.2, 0.25) is 11.8 Å². The molecule has 30 heavy (non-hydrogen) atoms. The van der Waals surface area contributed by atoms with E-state index in [0.29, 0.717) is 19.5 Å². The van der Waals surface area contributed by atoms with Gasteiger partial charge in [-0.15, -0.1) is 0 Å². The Labute approximate surface area is 177 Å². The zero-order chi connectivity index (χ0) is 21.1. The lowest BCUT2D eigenvalue weighted by Crippen LogP contribution is -2.44. The fourth-order valence-electron chi connectivity index (χ4n) is 4.49. The zero-order valence-electron chi connectivity index (χ0n) is 17.8. The fourth-order valence-corrected chi connectivity index (χ4v) is 4.49. The van der Waals surface area contributed by atoms with Crippen LogP contribution >= 0.6 is 0 Å². The maximum atomic E-state index is 12.8. The molecule has 4 rings (SSSR count). The van der Waals surface area contributed by atoms with Gasteiger partial charge in [-0.2, -0.15) is 0 Å². The number of amides is 2. The van der Waals surface area contributed by atoms with Crippen LogP contribution in [-0.4, -0.2) is 46.0 Å². The zero-order valence-corrected chi connectivity index (χ0v) is 17.8. The molecule has 0 radical (unpaired) electrons. The van der Waals surface area contributed by atoms with Crippen molar-refractivity contribution in [3.8, 4) is 11.4 Å². The first kappa shape index (κ1) is 20.4. The summed E-state index contributed by atoms with van der Waals surface area (Å²) in [6.45, 7) is 3.10. The molecule has 7 heteroatoms. The minimum absolute atomic E-state index is 0.00689. The molecule has 1 saturated carbocycles. The largest absolute Gasteiger partial charge is 0.495 e. The van der Waals surface area contributed by atoms with Crippen LogP contribution in [0.25, 0.3) is 5.69 Å². The quantitative estimate of drug-likeness (QED) is 0.794. The van der Waals surface area contributed by atoms with Crippen LogP contribution in [0.5, 0.6) is 5.75 Å². The molecule has 2 aliphatic rings. The minimum Gasteiger partial charge on any atom is -0.495 e. The third kappa shape index (κ3) is 4.35. The fraction of sp³-hybridized carbons (Fsp3) is 0.522. The molecular weight excluding hydrogens is 380 g/mol. The molecule has 160 valence electrons. The van der Waals surface area contributed by atoms with Crippen molar-refractivity contribution in [1.29, 1.82) is 0 Å². The number of ether oxygens (including phenoxy) is 1. The highest BCUT2D eigenvalue weighted by atomic mass is 16.5. The summed E-state index contributed by atoms with van der Waals surface area (Å²) < 4.78 is 7.50. The molecule has 7 nitrogen and oxygen atoms in total. The molecule has 0 bridgehead atoms. The van der Waals surface area contributed by atoms with E-state index in [0.717, 1.165) is 48.4 Å². The third-order valence-corrected chi connectivity index (χ3v) is 6.20. The molecule has 1 saturated heterocycles. The van der Waals surface area contributed by atoms with Gasteiger partial charge >= 0.3 is 0 Å². The summed E-state index contributed by atoms with van der Waals surface area (Å²) in [5, 5.41) is 3.00. The van der Waals surface area contributed by atoms with E-state index in [1.54, 1.807) is 13.4 Å². The molecule has 2 aromatic rings. The topological polar surface area (TPSA) is 76.5 Å². The molecule has 1 aromatic carbocycles. The molecule has 2 fully saturated rings. The van der Waals surface area contributed by atoms with Crippen LogP contribution in [0, 0.1) is 12.8 Å². The van der Waals surface area contributed by atoms with Crippen LogP contribution in [0.2, 0.25) is 0 Å². The summed E-state index contributed by atoms with van der Waals surface area (Å²) in [6.07, 6.45) is 9.69. The van der Waals surface area contributed by atoms with E-state index >= 15 is 0 Å². The van der Waals surface area contributed by atoms with Gasteiger partial charge in [0.05, 0.1) is 24.8 Å². The van der Waals surface area contributed by atoms with Crippen LogP contribution in [-0.2, 0) is 16.1 Å². The van der Waals surface area contributed by atoms with Crippen molar-refractivity contribution in [3.05, 3.63) is 42.0 Å². The number of hydrogen-bond acceptors (Lipinski definition) is 4. The lowest BCUT2D eigenvalue weighted by molar-refractivity contribution is -0.134. The molecular formula is C23H30N4O3. The predicted octanol–water partition coefficient (Wildman–Crippen LogP) is 2.99. The van der Waals surface area contributed by atoms with E-state index in [-0.39, 0.29) is 17.7 Å². The SMILES string of the molecule is COc1cc(CN2CCC(NC(=O)C3CCCCC3)C2=O)ccc1-n1cnc(C)c1. The number of hydrogen-bond donors (Lipinski definition) is 1. The van der Waals surface area contributed by atoms with Gasteiger partial charge in [0.1, 0.15) is 11.8 Å². The summed E-state index contributed by atoms with van der Waals surface area (Å²) in [5.41, 5.74) is 2.84. The van der Waals surface area contributed by atoms with Crippen LogP contribution in [0.15, 0.2) is 30.7 Å². The first-order chi connectivity index (χ1) is 14.5. The Balaban J connectivity index is 1.39. The summed E-state index contributed by atoms with van der Waals surface area (Å²) in [4.78, 5) is 31.4. The van der Waals surface area contributed by atoms with Gasteiger partial charge in [-0.05, 0) is 43.9 Å². The normalized spacial score (nSPS) is 19.9. The molecule has 1 aromatic heterocycles. The number of benzene rings is 1. The molecule has 0 spiro atoms. The van der Waals surface area contributed by atoms with Gasteiger partial charge in [0, 0.05) is 25.2 Å². The van der Waals surface area contributed by atoms with Crippen LogP contribution < -0.4 is 10.1 Å². The Morgan fingerprint density at radius 3 is 2.73 bits per heavy atom. The summed E-state index contributed by atoms with van der Waals surface area (Å²) in [7, 11) is 1.64. The van der Waals surface area contributed by atoms with Crippen molar-refractivity contribution in [2.75, 3.05) is 13.7 Å². The van der Waals surface area contributed by atoms with Crippen LogP contribution in [0.4, 0.5) is 0 Å². The lowest BCUT2D eigenvalue weighted by atomic mass is 9.88. The van der Waals surface area contributed by atoms with E-state index in [9.17, 15) is 9.59 Å². The monoisotopic (exact) mass is 410 g/mol. The smallest absolute Gasteiger partial charge is 0.245 e. The summed E-state index contributed by atoms with van der Waals surface area (Å²) in [6, 6.07) is 5.56. The lowest BCUT2D eigenvalue weighted by Gasteiger charge is -2.23. The molecule has 2 amide bonds. The van der Waals surface area contributed by atoms with Crippen molar-refractivity contribution in [1.82, 2.24) is 19.8 Å². The number of carbonyl (C=O) groups is 2. The maximum Gasteiger partial charge on any atom is 0.245 e. The molecule has 1 N–H and O–H groups in total. The van der Waals surface area contributed by atoms with Gasteiger partial charge in [0.25, 0.3) is 0 Å². The summed E-state index contributed by atoms with van der Waals surface area (Å²) >= 11 is 0. The molecule has 1 atom stereocenters. The third-order valence-electron chi connectivity index (χ3n) is 6.20. The van der Waals surface area contributed by atoms with Gasteiger partial charge in [-0.3, -0.25) is 9.59 Å². The van der Waals surface area contributed by atoms with Crippen molar-refractivity contribution in [2.45, 2.75) is 58.0 Å². The Hall–Kier alpha value is -2.83. The molecule has 1 aliphatic heterocycles. The van der Waals surface area contributed by atoms with E-state index in [4.69, 9.17) is 4.74 Å². The number of likely N-dealkylation sites (tertiary alicyclic amines) is 1. The number of nitrogens with one attached hydrogen (secondary N) is 1. The Morgan fingerprint density at radius 2 is 2.03 bits per heavy atom. The first-order valence-electron chi connectivity index (χ1n) is 10.8. The molecule has 1 unspecified atom stereocenters. The Bertz CT molecular complexity index is 917. The van der Waals surface area contributed by atoms with Gasteiger partial charge in [-0.1, -0.05) is 25.3 Å². The van der Waals surface area contributed by atoms with Gasteiger partial charge in [0.15, 0.2) is 0 Å². The standard InChI is InChI=1S/C23H30N4O3/c1-16-13-27(15-24-16)20-9-8-17(12-21(20)30-2)14-26-11-10-19(23(26)29)25-22(28)18-6-4-3-5-7-18/h8-9,12-13,15,18-19H,3-7,10-11,14H2,1-2H3,(H,25,28). The van der Waals surface area contributed by atoms with Crippen molar-refractivity contribution in [2.24, 2.45) is 5.92 Å². The van der Waals surface area contributed by atoms with E-state index in [1.165, 1.54) is 6.42 Å². The van der Waals surface area contributed by atoms with Gasteiger partial charge < -0.3 is 19.5 Å². The number of imidazole rings is 1. The Kier molecular flexibility index (Phi) is 6.06. The highest BCUT2D eigenvalue weighted by Gasteiger charge is 2.34. The maximum absolute atomic E-state index is 12.8. The minimum atomic E-state index is -0.394. The molecule has 1 aliphatic carbocycles. The highest BCUT2D eigenvalue weighted by molar-refractivity contribution is 5.89. The second kappa shape index (κ2) is 8.90. The Morgan fingerprint density at radius 1 is 1.23 bits per heavy atom. The average Bonchev–Trinajstić information content (AvgIpc) is 3.35. The van der Waals surface area contributed by atoms with Crippen LogP contribution in [0.3, 0.4) is 0 Å². The van der Waals surface area contributed by atoms with Crippen molar-refractivity contribution in [3.63, 3.8) is 0 Å². The van der Waals surface area contributed by atoms with Crippen LogP contribution in [0.1, 0.15) is 49.8 Å². The number of aryl methyl sites for hydroxylation is 1. The van der Waals surface area contributed by atoms with E-state index in [2.05, 4.69) is 10.3 Å². The number of methoxy groups -OCH3 is 1. The average molecular weight is 411 g/mol. The van der Waals surface area contributed by atoms with Gasteiger partial charge in [-0.25, -0.2) is 4.98 Å². The van der Waals surface area contributed by atoms with Crippen molar-refractivity contribution < 1.29 is 14.3 Å². The second-order valence-electron chi connectivity index (χ2n) is 8.37. The number of carbonyl (C=O) groups excluding carboxylic acids is 2. The second-order valence-corrected chi connectivity index (χ2v) is 8.37. The number of aromatic nitrogens is 2. The van der Waals surface area contributed by atoms with Crippen molar-refractivity contribution >= 4 is 11.8 Å².